The molecule has 1 saturated heterocycles. The number of thiazole rings is 1. The average Bonchev–Trinajstić information content (AvgIpc) is 3.25. The summed E-state index contributed by atoms with van der Waals surface area (Å²) in [6.07, 6.45) is 0.699. The van der Waals surface area contributed by atoms with Crippen molar-refractivity contribution in [2.75, 3.05) is 5.32 Å². The maximum Gasteiger partial charge on any atom is 0.387 e. The van der Waals surface area contributed by atoms with Crippen LogP contribution in [0.4, 0.5) is 13.9 Å². The highest BCUT2D eigenvalue weighted by Crippen LogP contribution is 2.29. The molecular weight excluding hydrogens is 412 g/mol. The molecule has 1 unspecified atom stereocenters. The first-order chi connectivity index (χ1) is 14.4. The van der Waals surface area contributed by atoms with Crippen molar-refractivity contribution in [2.45, 2.75) is 39.0 Å². The van der Waals surface area contributed by atoms with E-state index < -0.39 is 12.7 Å². The van der Waals surface area contributed by atoms with Crippen molar-refractivity contribution < 1.29 is 23.1 Å². The van der Waals surface area contributed by atoms with E-state index in [4.69, 9.17) is 0 Å². The molecule has 0 bridgehead atoms. The zero-order chi connectivity index (χ0) is 21.3. The highest BCUT2D eigenvalue weighted by atomic mass is 32.1. The van der Waals surface area contributed by atoms with E-state index in [1.165, 1.54) is 28.4 Å². The Kier molecular flexibility index (Phi) is 5.63. The summed E-state index contributed by atoms with van der Waals surface area (Å²) in [5.74, 6) is -0.362. The van der Waals surface area contributed by atoms with Crippen LogP contribution in [-0.2, 0) is 16.1 Å². The standard InChI is InChI=1S/C21H19F2N3O3S/c1-12-2-7-15-17(10-12)30-21(24-15)25-19(28)16-8-9-18(27)26(16)11-13-3-5-14(6-4-13)29-20(22)23/h2-7,10,16,20H,8-9,11H2,1H3,(H,24,25,28). The number of alkyl halides is 2. The molecule has 0 aliphatic carbocycles. The molecule has 30 heavy (non-hydrogen) atoms. The van der Waals surface area contributed by atoms with Gasteiger partial charge in [-0.15, -0.1) is 0 Å². The number of halogens is 2. The van der Waals surface area contributed by atoms with Gasteiger partial charge in [0.15, 0.2) is 5.13 Å². The van der Waals surface area contributed by atoms with E-state index in [0.717, 1.165) is 21.3 Å². The number of hydrogen-bond acceptors (Lipinski definition) is 5. The van der Waals surface area contributed by atoms with Crippen LogP contribution in [0, 0.1) is 6.92 Å². The summed E-state index contributed by atoms with van der Waals surface area (Å²) in [5.41, 5.74) is 2.65. The number of carbonyl (C=O) groups is 2. The number of benzene rings is 2. The van der Waals surface area contributed by atoms with Crippen LogP contribution >= 0.6 is 11.3 Å². The summed E-state index contributed by atoms with van der Waals surface area (Å²) in [6.45, 7) is -0.688. The zero-order valence-corrected chi connectivity index (χ0v) is 16.9. The van der Waals surface area contributed by atoms with Crippen LogP contribution in [0.15, 0.2) is 42.5 Å². The number of amides is 2. The SMILES string of the molecule is Cc1ccc2nc(NC(=O)C3CCC(=O)N3Cc3ccc(OC(F)F)cc3)sc2c1. The van der Waals surface area contributed by atoms with Gasteiger partial charge < -0.3 is 15.0 Å². The number of carbonyl (C=O) groups excluding carboxylic acids is 2. The number of likely N-dealkylation sites (tertiary alicyclic amines) is 1. The maximum atomic E-state index is 12.8. The minimum atomic E-state index is -2.89. The smallest absolute Gasteiger partial charge is 0.387 e. The fraction of sp³-hybridized carbons (Fsp3) is 0.286. The van der Waals surface area contributed by atoms with Gasteiger partial charge in [0.05, 0.1) is 10.2 Å². The fourth-order valence-electron chi connectivity index (χ4n) is 3.45. The number of ether oxygens (including phenoxy) is 1. The Hall–Kier alpha value is -3.07. The van der Waals surface area contributed by atoms with Gasteiger partial charge in [-0.05, 0) is 48.7 Å². The third-order valence-corrected chi connectivity index (χ3v) is 5.84. The summed E-state index contributed by atoms with van der Waals surface area (Å²) in [6, 6.07) is 11.3. The molecule has 1 aliphatic heterocycles. The highest BCUT2D eigenvalue weighted by molar-refractivity contribution is 7.22. The van der Waals surface area contributed by atoms with E-state index in [0.29, 0.717) is 11.6 Å². The lowest BCUT2D eigenvalue weighted by Crippen LogP contribution is -2.41. The van der Waals surface area contributed by atoms with Gasteiger partial charge in [-0.1, -0.05) is 29.5 Å². The Morgan fingerprint density at radius 2 is 2.07 bits per heavy atom. The Balaban J connectivity index is 1.45. The molecule has 6 nitrogen and oxygen atoms in total. The molecule has 4 rings (SSSR count). The molecule has 156 valence electrons. The molecular formula is C21H19F2N3O3S. The summed E-state index contributed by atoms with van der Waals surface area (Å²) < 4.78 is 29.9. The number of rotatable bonds is 6. The van der Waals surface area contributed by atoms with E-state index in [9.17, 15) is 18.4 Å². The van der Waals surface area contributed by atoms with Crippen molar-refractivity contribution in [3.05, 3.63) is 53.6 Å². The van der Waals surface area contributed by atoms with Crippen molar-refractivity contribution in [1.29, 1.82) is 0 Å². The van der Waals surface area contributed by atoms with Gasteiger partial charge in [0.25, 0.3) is 0 Å². The van der Waals surface area contributed by atoms with Crippen molar-refractivity contribution in [3.63, 3.8) is 0 Å². The van der Waals surface area contributed by atoms with Crippen LogP contribution < -0.4 is 10.1 Å². The largest absolute Gasteiger partial charge is 0.435 e. The normalized spacial score (nSPS) is 16.5. The molecule has 0 radical (unpaired) electrons. The van der Waals surface area contributed by atoms with E-state index in [1.807, 2.05) is 25.1 Å². The van der Waals surface area contributed by atoms with Gasteiger partial charge in [0.2, 0.25) is 11.8 Å². The van der Waals surface area contributed by atoms with Crippen LogP contribution in [0.3, 0.4) is 0 Å². The summed E-state index contributed by atoms with van der Waals surface area (Å²) in [7, 11) is 0. The average molecular weight is 431 g/mol. The third-order valence-electron chi connectivity index (χ3n) is 4.91. The molecule has 2 heterocycles. The van der Waals surface area contributed by atoms with E-state index in [1.54, 1.807) is 12.1 Å². The summed E-state index contributed by atoms with van der Waals surface area (Å²) in [5, 5.41) is 3.32. The number of nitrogens with zero attached hydrogens (tertiary/aromatic N) is 2. The predicted molar refractivity (Wildman–Crippen MR) is 110 cm³/mol. The van der Waals surface area contributed by atoms with Crippen LogP contribution in [-0.4, -0.2) is 34.4 Å². The van der Waals surface area contributed by atoms with E-state index in [2.05, 4.69) is 15.0 Å². The molecule has 2 amide bonds. The third kappa shape index (κ3) is 4.40. The van der Waals surface area contributed by atoms with Crippen molar-refractivity contribution in [2.24, 2.45) is 0 Å². The molecule has 2 aromatic carbocycles. The molecule has 1 fully saturated rings. The van der Waals surface area contributed by atoms with Crippen LogP contribution in [0.25, 0.3) is 10.2 Å². The van der Waals surface area contributed by atoms with Gasteiger partial charge in [0, 0.05) is 13.0 Å². The molecule has 1 atom stereocenters. The number of aromatic nitrogens is 1. The Morgan fingerprint density at radius 3 is 2.80 bits per heavy atom. The first-order valence-electron chi connectivity index (χ1n) is 9.40. The van der Waals surface area contributed by atoms with Crippen molar-refractivity contribution in [3.8, 4) is 5.75 Å². The Labute approximate surface area is 175 Å². The lowest BCUT2D eigenvalue weighted by atomic mass is 10.1. The molecule has 1 N–H and O–H groups in total. The summed E-state index contributed by atoms with van der Waals surface area (Å²) in [4.78, 5) is 31.1. The molecule has 1 aromatic heterocycles. The number of hydrogen-bond donors (Lipinski definition) is 1. The van der Waals surface area contributed by atoms with Crippen LogP contribution in [0.5, 0.6) is 5.75 Å². The number of fused-ring (bicyclic) bond motifs is 1. The molecule has 3 aromatic rings. The Bertz CT molecular complexity index is 1080. The monoisotopic (exact) mass is 431 g/mol. The zero-order valence-electron chi connectivity index (χ0n) is 16.1. The first kappa shape index (κ1) is 20.2. The fourth-order valence-corrected chi connectivity index (χ4v) is 4.42. The Morgan fingerprint density at radius 1 is 1.30 bits per heavy atom. The highest BCUT2D eigenvalue weighted by Gasteiger charge is 2.36. The van der Waals surface area contributed by atoms with Gasteiger partial charge in [0.1, 0.15) is 11.8 Å². The van der Waals surface area contributed by atoms with Crippen molar-refractivity contribution >= 4 is 38.5 Å². The molecule has 1 aliphatic rings. The second-order valence-corrected chi connectivity index (χ2v) is 8.11. The maximum absolute atomic E-state index is 12.8. The van der Waals surface area contributed by atoms with Gasteiger partial charge in [-0.3, -0.25) is 9.59 Å². The van der Waals surface area contributed by atoms with E-state index >= 15 is 0 Å². The number of anilines is 1. The molecule has 9 heteroatoms. The molecule has 0 saturated carbocycles. The lowest BCUT2D eigenvalue weighted by Gasteiger charge is -2.23. The van der Waals surface area contributed by atoms with Crippen LogP contribution in [0.1, 0.15) is 24.0 Å². The molecule has 0 spiro atoms. The quantitative estimate of drug-likeness (QED) is 0.631. The predicted octanol–water partition coefficient (Wildman–Crippen LogP) is 4.34. The van der Waals surface area contributed by atoms with Crippen LogP contribution in [0.2, 0.25) is 0 Å². The van der Waals surface area contributed by atoms with Gasteiger partial charge in [-0.25, -0.2) is 4.98 Å². The minimum Gasteiger partial charge on any atom is -0.435 e. The summed E-state index contributed by atoms with van der Waals surface area (Å²) >= 11 is 1.39. The first-order valence-corrected chi connectivity index (χ1v) is 10.2. The van der Waals surface area contributed by atoms with Crippen molar-refractivity contribution in [1.82, 2.24) is 9.88 Å². The topological polar surface area (TPSA) is 71.5 Å². The number of nitrogens with one attached hydrogen (secondary N) is 1. The van der Waals surface area contributed by atoms with Gasteiger partial charge >= 0.3 is 6.61 Å². The lowest BCUT2D eigenvalue weighted by molar-refractivity contribution is -0.133. The minimum absolute atomic E-state index is 0.0434. The number of aryl methyl sites for hydroxylation is 1. The van der Waals surface area contributed by atoms with E-state index in [-0.39, 0.29) is 30.5 Å². The second kappa shape index (κ2) is 8.35. The van der Waals surface area contributed by atoms with Gasteiger partial charge in [-0.2, -0.15) is 8.78 Å². The second-order valence-electron chi connectivity index (χ2n) is 7.08.